The second-order valence-corrected chi connectivity index (χ2v) is 5.67. The van der Waals surface area contributed by atoms with Crippen LogP contribution in [0, 0.1) is 11.6 Å². The molecule has 25 heavy (non-hydrogen) atoms. The first-order valence-electron chi connectivity index (χ1n) is 7.79. The van der Waals surface area contributed by atoms with Gasteiger partial charge in [0.25, 0.3) is 5.91 Å². The Morgan fingerprint density at radius 2 is 2.00 bits per heavy atom. The zero-order chi connectivity index (χ0) is 17.8. The second-order valence-electron chi connectivity index (χ2n) is 5.67. The molecule has 1 aromatic carbocycles. The van der Waals surface area contributed by atoms with Crippen molar-refractivity contribution < 1.29 is 18.7 Å². The minimum absolute atomic E-state index is 0.0718. The summed E-state index contributed by atoms with van der Waals surface area (Å²) in [6.45, 7) is 0. The van der Waals surface area contributed by atoms with Gasteiger partial charge in [-0.05, 0) is 43.5 Å². The fourth-order valence-corrected chi connectivity index (χ4v) is 2.25. The summed E-state index contributed by atoms with van der Waals surface area (Å²) in [6, 6.07) is 7.60. The van der Waals surface area contributed by atoms with Crippen molar-refractivity contribution >= 4 is 17.7 Å². The van der Waals surface area contributed by atoms with Crippen molar-refractivity contribution in [3.05, 3.63) is 53.6 Å². The van der Waals surface area contributed by atoms with Crippen LogP contribution in [0.3, 0.4) is 0 Å². The van der Waals surface area contributed by atoms with Crippen LogP contribution < -0.4 is 10.6 Å². The molecule has 2 aromatic rings. The maximum Gasteiger partial charge on any atom is 0.280 e. The minimum Gasteiger partial charge on any atom is -0.493 e. The molecule has 8 heteroatoms. The van der Waals surface area contributed by atoms with E-state index in [1.807, 2.05) is 0 Å². The van der Waals surface area contributed by atoms with Crippen LogP contribution in [0.4, 0.5) is 14.6 Å². The third-order valence-electron chi connectivity index (χ3n) is 3.81. The Labute approximate surface area is 142 Å². The van der Waals surface area contributed by atoms with Crippen LogP contribution in [0.5, 0.6) is 5.88 Å². The van der Waals surface area contributed by atoms with Crippen molar-refractivity contribution in [1.29, 1.82) is 0 Å². The van der Waals surface area contributed by atoms with Crippen LogP contribution in [0.2, 0.25) is 0 Å². The van der Waals surface area contributed by atoms with Crippen LogP contribution in [0.25, 0.3) is 0 Å². The molecular formula is C17H16F2N4O2. The topological polar surface area (TPSA) is 86.6 Å². The lowest BCUT2D eigenvalue weighted by Crippen LogP contribution is -2.43. The van der Waals surface area contributed by atoms with Crippen LogP contribution in [0.15, 0.2) is 41.4 Å². The zero-order valence-corrected chi connectivity index (χ0v) is 13.2. The number of aromatic hydroxyl groups is 1. The number of anilines is 1. The van der Waals surface area contributed by atoms with E-state index in [0.717, 1.165) is 37.5 Å². The van der Waals surface area contributed by atoms with E-state index in [9.17, 15) is 18.7 Å². The number of nitrogens with one attached hydrogen (secondary N) is 2. The molecule has 130 valence electrons. The molecule has 1 aliphatic carbocycles. The van der Waals surface area contributed by atoms with Crippen LogP contribution in [-0.2, 0) is 0 Å². The predicted octanol–water partition coefficient (Wildman–Crippen LogP) is 2.82. The standard InChI is InChI=1S/C17H16F2N4O2/c18-12-8-7-10(9-13(12)19)16(25)23-17(20-11-3-1-4-11)22-14-5-2-6-15(24)21-14/h2,5-9,11H,1,3-4H2,(H3,20,21,22,23,24,25). The average Bonchev–Trinajstić information content (AvgIpc) is 2.53. The summed E-state index contributed by atoms with van der Waals surface area (Å²) in [4.78, 5) is 20.0. The van der Waals surface area contributed by atoms with Gasteiger partial charge in [0.1, 0.15) is 5.82 Å². The number of pyridine rings is 1. The first-order valence-corrected chi connectivity index (χ1v) is 7.79. The lowest BCUT2D eigenvalue weighted by molar-refractivity contribution is 0.100. The highest BCUT2D eigenvalue weighted by Gasteiger charge is 2.20. The third kappa shape index (κ3) is 4.28. The molecule has 0 unspecified atom stereocenters. The first-order chi connectivity index (χ1) is 12.0. The fourth-order valence-electron chi connectivity index (χ4n) is 2.25. The highest BCUT2D eigenvalue weighted by molar-refractivity contribution is 6.06. The number of amides is 1. The molecule has 1 heterocycles. The summed E-state index contributed by atoms with van der Waals surface area (Å²) in [5, 5.41) is 15.3. The Morgan fingerprint density at radius 1 is 1.20 bits per heavy atom. The Morgan fingerprint density at radius 3 is 2.64 bits per heavy atom. The van der Waals surface area contributed by atoms with E-state index in [2.05, 4.69) is 20.6 Å². The molecule has 0 atom stereocenters. The Bertz CT molecular complexity index is 822. The van der Waals surface area contributed by atoms with E-state index in [1.165, 1.54) is 6.07 Å². The summed E-state index contributed by atoms with van der Waals surface area (Å²) >= 11 is 0. The molecule has 3 N–H and O–H groups in total. The highest BCUT2D eigenvalue weighted by Crippen LogP contribution is 2.18. The molecule has 3 rings (SSSR count). The summed E-state index contributed by atoms with van der Waals surface area (Å²) < 4.78 is 26.3. The van der Waals surface area contributed by atoms with E-state index in [0.29, 0.717) is 5.82 Å². The Kier molecular flexibility index (Phi) is 4.87. The van der Waals surface area contributed by atoms with Crippen LogP contribution in [0.1, 0.15) is 29.6 Å². The van der Waals surface area contributed by atoms with E-state index >= 15 is 0 Å². The van der Waals surface area contributed by atoms with Gasteiger partial charge in [-0.2, -0.15) is 9.98 Å². The lowest BCUT2D eigenvalue weighted by atomic mass is 9.93. The van der Waals surface area contributed by atoms with Crippen molar-refractivity contribution in [2.75, 3.05) is 5.32 Å². The smallest absolute Gasteiger partial charge is 0.280 e. The number of carbonyl (C=O) groups excluding carboxylic acids is 1. The van der Waals surface area contributed by atoms with Crippen molar-refractivity contribution in [2.24, 2.45) is 4.99 Å². The molecule has 6 nitrogen and oxygen atoms in total. The van der Waals surface area contributed by atoms with Gasteiger partial charge >= 0.3 is 0 Å². The van der Waals surface area contributed by atoms with Crippen LogP contribution >= 0.6 is 0 Å². The molecule has 0 radical (unpaired) electrons. The van der Waals surface area contributed by atoms with Gasteiger partial charge in [-0.1, -0.05) is 6.07 Å². The molecule has 0 aliphatic heterocycles. The molecule has 1 fully saturated rings. The number of carbonyl (C=O) groups is 1. The molecule has 1 amide bonds. The van der Waals surface area contributed by atoms with E-state index < -0.39 is 17.5 Å². The normalized spacial score (nSPS) is 14.7. The number of aromatic nitrogens is 1. The number of aliphatic imine (C=N–C) groups is 1. The summed E-state index contributed by atoms with van der Waals surface area (Å²) in [7, 11) is 0. The number of benzene rings is 1. The Balaban J connectivity index is 1.82. The van der Waals surface area contributed by atoms with Gasteiger partial charge in [0.15, 0.2) is 11.6 Å². The van der Waals surface area contributed by atoms with Crippen molar-refractivity contribution in [2.45, 2.75) is 25.3 Å². The predicted molar refractivity (Wildman–Crippen MR) is 88.4 cm³/mol. The summed E-state index contributed by atoms with van der Waals surface area (Å²) in [6.07, 6.45) is 2.95. The first kappa shape index (κ1) is 16.8. The quantitative estimate of drug-likeness (QED) is 0.588. The lowest BCUT2D eigenvalue weighted by Gasteiger charge is -2.28. The monoisotopic (exact) mass is 346 g/mol. The molecule has 0 bridgehead atoms. The van der Waals surface area contributed by atoms with Gasteiger partial charge in [-0.15, -0.1) is 0 Å². The molecule has 0 spiro atoms. The van der Waals surface area contributed by atoms with Gasteiger partial charge in [-0.25, -0.2) is 8.78 Å². The summed E-state index contributed by atoms with van der Waals surface area (Å²) in [5.41, 5.74) is -0.0718. The largest absolute Gasteiger partial charge is 0.493 e. The molecule has 0 saturated heterocycles. The second kappa shape index (κ2) is 7.25. The maximum atomic E-state index is 13.3. The third-order valence-corrected chi connectivity index (χ3v) is 3.81. The van der Waals surface area contributed by atoms with Crippen molar-refractivity contribution in [3.8, 4) is 5.88 Å². The van der Waals surface area contributed by atoms with E-state index in [-0.39, 0.29) is 23.4 Å². The molecule has 1 aromatic heterocycles. The molecule has 1 saturated carbocycles. The SMILES string of the molecule is O=C(/N=C(\Nc1cccc(O)n1)NC1CCC1)c1ccc(F)c(F)c1. The number of hydrogen-bond acceptors (Lipinski definition) is 3. The van der Waals surface area contributed by atoms with Crippen molar-refractivity contribution in [1.82, 2.24) is 10.3 Å². The van der Waals surface area contributed by atoms with Gasteiger partial charge in [-0.3, -0.25) is 4.79 Å². The highest BCUT2D eigenvalue weighted by atomic mass is 19.2. The maximum absolute atomic E-state index is 13.3. The minimum atomic E-state index is -1.11. The average molecular weight is 346 g/mol. The Hall–Kier alpha value is -3.03. The number of guanidine groups is 1. The number of halogens is 2. The van der Waals surface area contributed by atoms with Gasteiger partial charge < -0.3 is 15.7 Å². The number of nitrogens with zero attached hydrogens (tertiary/aromatic N) is 2. The summed E-state index contributed by atoms with van der Waals surface area (Å²) in [5.74, 6) is -2.62. The van der Waals surface area contributed by atoms with E-state index in [4.69, 9.17) is 0 Å². The fraction of sp³-hybridized carbons (Fsp3) is 0.235. The number of rotatable bonds is 3. The van der Waals surface area contributed by atoms with Gasteiger partial charge in [0.2, 0.25) is 11.8 Å². The molecule has 1 aliphatic rings. The van der Waals surface area contributed by atoms with Gasteiger partial charge in [0.05, 0.1) is 0 Å². The number of hydrogen-bond donors (Lipinski definition) is 3. The zero-order valence-electron chi connectivity index (χ0n) is 13.2. The van der Waals surface area contributed by atoms with E-state index in [1.54, 1.807) is 12.1 Å². The van der Waals surface area contributed by atoms with Crippen molar-refractivity contribution in [3.63, 3.8) is 0 Å². The molecular weight excluding hydrogens is 330 g/mol. The van der Waals surface area contributed by atoms with Crippen LogP contribution in [-0.4, -0.2) is 28.0 Å². The van der Waals surface area contributed by atoms with Gasteiger partial charge in [0, 0.05) is 17.7 Å².